The van der Waals surface area contributed by atoms with Gasteiger partial charge in [0.25, 0.3) is 0 Å². The van der Waals surface area contributed by atoms with Crippen LogP contribution >= 0.6 is 0 Å². The van der Waals surface area contributed by atoms with E-state index >= 15 is 0 Å². The number of nitrogens with zero attached hydrogens (tertiary/aromatic N) is 2. The first-order valence-corrected chi connectivity index (χ1v) is 6.79. The van der Waals surface area contributed by atoms with Crippen LogP contribution in [0.4, 0.5) is 0 Å². The van der Waals surface area contributed by atoms with E-state index < -0.39 is 0 Å². The van der Waals surface area contributed by atoms with Crippen LogP contribution in [0.2, 0.25) is 0 Å². The van der Waals surface area contributed by atoms with Crippen molar-refractivity contribution in [2.45, 2.75) is 26.9 Å². The van der Waals surface area contributed by atoms with Crippen LogP contribution in [0.25, 0.3) is 0 Å². The van der Waals surface area contributed by atoms with Crippen LogP contribution in [0.5, 0.6) is 5.75 Å². The van der Waals surface area contributed by atoms with Gasteiger partial charge < -0.3 is 19.5 Å². The van der Waals surface area contributed by atoms with E-state index in [2.05, 4.69) is 0 Å². The van der Waals surface area contributed by atoms with Crippen molar-refractivity contribution >= 4 is 0 Å². The summed E-state index contributed by atoms with van der Waals surface area (Å²) in [5.41, 5.74) is 0.994. The molecule has 0 amide bonds. The maximum atomic E-state index is 11.8. The normalized spacial score (nSPS) is 11.2. The van der Waals surface area contributed by atoms with E-state index in [1.165, 1.54) is 6.07 Å². The minimum atomic E-state index is -0.369. The lowest BCUT2D eigenvalue weighted by Crippen LogP contribution is -2.30. The van der Waals surface area contributed by atoms with Crippen LogP contribution in [0.3, 0.4) is 0 Å². The molecule has 1 aromatic heterocycles. The number of ether oxygens (including phenoxy) is 1. The minimum absolute atomic E-state index is 0.0444. The van der Waals surface area contributed by atoms with Gasteiger partial charge in [0.15, 0.2) is 5.75 Å². The smallest absolute Gasteiger partial charge is 0.223 e. The molecule has 0 fully saturated rings. The summed E-state index contributed by atoms with van der Waals surface area (Å²) in [6.07, 6.45) is 0. The van der Waals surface area contributed by atoms with Crippen LogP contribution in [-0.4, -0.2) is 53.1 Å². The minimum Gasteiger partial charge on any atom is -0.503 e. The Morgan fingerprint density at radius 1 is 1.45 bits per heavy atom. The molecule has 0 aliphatic carbocycles. The highest BCUT2D eigenvalue weighted by atomic mass is 16.5. The topological polar surface area (TPSA) is 74.9 Å². The maximum Gasteiger partial charge on any atom is 0.223 e. The van der Waals surface area contributed by atoms with Crippen LogP contribution in [0, 0.1) is 6.92 Å². The van der Waals surface area contributed by atoms with Gasteiger partial charge in [-0.2, -0.15) is 0 Å². The molecule has 0 radical (unpaired) electrons. The van der Waals surface area contributed by atoms with E-state index in [0.29, 0.717) is 31.9 Å². The number of rotatable bonds is 8. The Balaban J connectivity index is 3.15. The molecule has 0 bridgehead atoms. The largest absolute Gasteiger partial charge is 0.503 e. The van der Waals surface area contributed by atoms with Gasteiger partial charge in [-0.25, -0.2) is 0 Å². The molecule has 1 rings (SSSR count). The van der Waals surface area contributed by atoms with Gasteiger partial charge in [-0.05, 0) is 13.5 Å². The van der Waals surface area contributed by atoms with Crippen LogP contribution in [-0.2, 0) is 17.8 Å². The third-order valence-electron chi connectivity index (χ3n) is 3.35. The Morgan fingerprint density at radius 3 is 2.70 bits per heavy atom. The van der Waals surface area contributed by atoms with Crippen molar-refractivity contribution < 1.29 is 14.9 Å². The second-order valence-corrected chi connectivity index (χ2v) is 4.68. The summed E-state index contributed by atoms with van der Waals surface area (Å²) in [5, 5.41) is 19.1. The number of aliphatic hydroxyl groups excluding tert-OH is 1. The first-order chi connectivity index (χ1) is 9.54. The Bertz CT molecular complexity index is 485. The zero-order chi connectivity index (χ0) is 15.1. The fraction of sp³-hybridized carbons (Fsp3) is 0.643. The molecule has 0 aliphatic rings. The van der Waals surface area contributed by atoms with Gasteiger partial charge in [0, 0.05) is 38.5 Å². The van der Waals surface area contributed by atoms with E-state index in [1.807, 2.05) is 23.3 Å². The molecule has 0 saturated carbocycles. The summed E-state index contributed by atoms with van der Waals surface area (Å²) in [6.45, 7) is 6.58. The Labute approximate surface area is 119 Å². The zero-order valence-electron chi connectivity index (χ0n) is 12.4. The van der Waals surface area contributed by atoms with Crippen molar-refractivity contribution in [2.24, 2.45) is 0 Å². The maximum absolute atomic E-state index is 11.8. The van der Waals surface area contributed by atoms with Gasteiger partial charge in [-0.1, -0.05) is 6.92 Å². The standard InChI is InChI=1S/C14H24N2O4/c1-4-15(5-7-17)10-12-14(19)13(18)9-11(2)16(12)6-8-20-3/h9,17,19H,4-8,10H2,1-3H3. The molecule has 0 spiro atoms. The highest BCUT2D eigenvalue weighted by molar-refractivity contribution is 5.29. The van der Waals surface area contributed by atoms with Gasteiger partial charge in [0.2, 0.25) is 5.43 Å². The molecule has 0 saturated heterocycles. The summed E-state index contributed by atoms with van der Waals surface area (Å²) < 4.78 is 6.96. The van der Waals surface area contributed by atoms with Gasteiger partial charge in [-0.15, -0.1) is 0 Å². The predicted molar refractivity (Wildman–Crippen MR) is 77.0 cm³/mol. The van der Waals surface area contributed by atoms with E-state index in [0.717, 1.165) is 12.2 Å². The van der Waals surface area contributed by atoms with Crippen molar-refractivity contribution in [3.05, 3.63) is 27.7 Å². The Morgan fingerprint density at radius 2 is 2.15 bits per heavy atom. The van der Waals surface area contributed by atoms with Crippen LogP contribution < -0.4 is 5.43 Å². The number of pyridine rings is 1. The number of aliphatic hydroxyl groups is 1. The van der Waals surface area contributed by atoms with E-state index in [1.54, 1.807) is 7.11 Å². The number of methoxy groups -OCH3 is 1. The van der Waals surface area contributed by atoms with Gasteiger partial charge >= 0.3 is 0 Å². The third kappa shape index (κ3) is 4.06. The SMILES string of the molecule is CCN(CCO)Cc1c(O)c(=O)cc(C)n1CCOC. The number of likely N-dealkylation sites (N-methyl/N-ethyl adjacent to an activating group) is 1. The fourth-order valence-corrected chi connectivity index (χ4v) is 2.18. The summed E-state index contributed by atoms with van der Waals surface area (Å²) in [6, 6.07) is 1.43. The molecule has 0 aliphatic heterocycles. The van der Waals surface area contributed by atoms with Crippen LogP contribution in [0.1, 0.15) is 18.3 Å². The molecule has 0 unspecified atom stereocenters. The van der Waals surface area contributed by atoms with Crippen molar-refractivity contribution in [1.29, 1.82) is 0 Å². The first kappa shape index (κ1) is 16.7. The van der Waals surface area contributed by atoms with Gasteiger partial charge in [0.05, 0.1) is 18.9 Å². The summed E-state index contributed by atoms with van der Waals surface area (Å²) in [7, 11) is 1.61. The highest BCUT2D eigenvalue weighted by Gasteiger charge is 2.15. The summed E-state index contributed by atoms with van der Waals surface area (Å²) in [4.78, 5) is 13.7. The molecular weight excluding hydrogens is 260 g/mol. The summed E-state index contributed by atoms with van der Waals surface area (Å²) in [5.74, 6) is -0.219. The second-order valence-electron chi connectivity index (χ2n) is 4.68. The average molecular weight is 284 g/mol. The van der Waals surface area contributed by atoms with Crippen LogP contribution in [0.15, 0.2) is 10.9 Å². The molecule has 0 aromatic carbocycles. The van der Waals surface area contributed by atoms with Crippen molar-refractivity contribution in [3.63, 3.8) is 0 Å². The van der Waals surface area contributed by atoms with E-state index in [4.69, 9.17) is 9.84 Å². The molecule has 20 heavy (non-hydrogen) atoms. The molecule has 1 heterocycles. The quantitative estimate of drug-likeness (QED) is 0.719. The van der Waals surface area contributed by atoms with Crippen molar-refractivity contribution in [3.8, 4) is 5.75 Å². The highest BCUT2D eigenvalue weighted by Crippen LogP contribution is 2.16. The Hall–Kier alpha value is -1.37. The molecule has 1 aromatic rings. The summed E-state index contributed by atoms with van der Waals surface area (Å²) >= 11 is 0. The van der Waals surface area contributed by atoms with Gasteiger partial charge in [-0.3, -0.25) is 9.69 Å². The lowest BCUT2D eigenvalue weighted by molar-refractivity contribution is 0.176. The van der Waals surface area contributed by atoms with Crippen molar-refractivity contribution in [2.75, 3.05) is 33.4 Å². The Kier molecular flexibility index (Phi) is 6.70. The number of aromatic hydroxyl groups is 1. The number of hydrogen-bond donors (Lipinski definition) is 2. The molecule has 114 valence electrons. The monoisotopic (exact) mass is 284 g/mol. The number of aryl methyl sites for hydroxylation is 1. The van der Waals surface area contributed by atoms with E-state index in [9.17, 15) is 9.90 Å². The number of hydrogen-bond acceptors (Lipinski definition) is 5. The fourth-order valence-electron chi connectivity index (χ4n) is 2.18. The third-order valence-corrected chi connectivity index (χ3v) is 3.35. The molecule has 2 N–H and O–H groups in total. The van der Waals surface area contributed by atoms with Crippen molar-refractivity contribution in [1.82, 2.24) is 9.47 Å². The predicted octanol–water partition coefficient (Wildman–Crippen LogP) is 0.323. The average Bonchev–Trinajstić information content (AvgIpc) is 2.43. The molecule has 6 heteroatoms. The number of aromatic nitrogens is 1. The lowest BCUT2D eigenvalue weighted by Gasteiger charge is -2.24. The first-order valence-electron chi connectivity index (χ1n) is 6.79. The molecule has 6 nitrogen and oxygen atoms in total. The second kappa shape index (κ2) is 8.04. The molecule has 0 atom stereocenters. The van der Waals surface area contributed by atoms with E-state index in [-0.39, 0.29) is 17.8 Å². The molecular formula is C14H24N2O4. The lowest BCUT2D eigenvalue weighted by atomic mass is 10.2. The van der Waals surface area contributed by atoms with Gasteiger partial charge in [0.1, 0.15) is 0 Å². The zero-order valence-corrected chi connectivity index (χ0v) is 12.4.